The van der Waals surface area contributed by atoms with Crippen molar-refractivity contribution in [2.45, 2.75) is 18.9 Å². The fourth-order valence-electron chi connectivity index (χ4n) is 4.81. The lowest BCUT2D eigenvalue weighted by Gasteiger charge is -2.30. The van der Waals surface area contributed by atoms with E-state index in [1.807, 2.05) is 77.4 Å². The van der Waals surface area contributed by atoms with Gasteiger partial charge in [-0.15, -0.1) is 0 Å². The van der Waals surface area contributed by atoms with Gasteiger partial charge in [-0.05, 0) is 93.6 Å². The molecular formula is C29H28ClN7O. The summed E-state index contributed by atoms with van der Waals surface area (Å²) in [4.78, 5) is 19.7. The lowest BCUT2D eigenvalue weighted by molar-refractivity contribution is 0.102. The monoisotopic (exact) mass is 525 g/mol. The Labute approximate surface area is 225 Å². The smallest absolute Gasteiger partial charge is 0.256 e. The zero-order valence-corrected chi connectivity index (χ0v) is 21.7. The number of hydrogen-bond acceptors (Lipinski definition) is 5. The molecule has 3 aromatic carbocycles. The Balaban J connectivity index is 1.14. The molecule has 0 atom stereocenters. The quantitative estimate of drug-likeness (QED) is 0.259. The third-order valence-corrected chi connectivity index (χ3v) is 7.26. The first kappa shape index (κ1) is 24.2. The Morgan fingerprint density at radius 3 is 2.53 bits per heavy atom. The molecule has 0 spiro atoms. The van der Waals surface area contributed by atoms with Crippen LogP contribution in [0.2, 0.25) is 5.02 Å². The number of nitrogens with zero attached hydrogens (tertiary/aromatic N) is 4. The van der Waals surface area contributed by atoms with Gasteiger partial charge in [0.15, 0.2) is 0 Å². The van der Waals surface area contributed by atoms with Crippen molar-refractivity contribution in [1.29, 1.82) is 0 Å². The molecular weight excluding hydrogens is 498 g/mol. The van der Waals surface area contributed by atoms with E-state index in [9.17, 15) is 4.79 Å². The molecule has 0 bridgehead atoms. The van der Waals surface area contributed by atoms with E-state index in [4.69, 9.17) is 11.6 Å². The van der Waals surface area contributed by atoms with Gasteiger partial charge in [-0.1, -0.05) is 17.7 Å². The number of rotatable bonds is 6. The maximum absolute atomic E-state index is 12.9. The van der Waals surface area contributed by atoms with E-state index < -0.39 is 0 Å². The van der Waals surface area contributed by atoms with Crippen LogP contribution in [-0.2, 0) is 0 Å². The molecule has 3 N–H and O–H groups in total. The first-order valence-corrected chi connectivity index (χ1v) is 13.0. The molecule has 0 saturated carbocycles. The highest BCUT2D eigenvalue weighted by Crippen LogP contribution is 2.27. The maximum atomic E-state index is 12.9. The van der Waals surface area contributed by atoms with E-state index in [0.717, 1.165) is 59.6 Å². The number of nitrogens with one attached hydrogen (secondary N) is 3. The van der Waals surface area contributed by atoms with E-state index in [0.29, 0.717) is 22.4 Å². The summed E-state index contributed by atoms with van der Waals surface area (Å²) in [5.41, 5.74) is 6.06. The summed E-state index contributed by atoms with van der Waals surface area (Å²) in [5, 5.41) is 14.5. The van der Waals surface area contributed by atoms with E-state index in [1.54, 1.807) is 6.33 Å². The van der Waals surface area contributed by atoms with E-state index in [-0.39, 0.29) is 5.91 Å². The van der Waals surface area contributed by atoms with Crippen molar-refractivity contribution in [1.82, 2.24) is 24.6 Å². The van der Waals surface area contributed by atoms with Crippen molar-refractivity contribution in [3.63, 3.8) is 0 Å². The highest BCUT2D eigenvalue weighted by atomic mass is 35.5. The van der Waals surface area contributed by atoms with Crippen molar-refractivity contribution in [2.75, 3.05) is 30.8 Å². The van der Waals surface area contributed by atoms with Gasteiger partial charge in [-0.25, -0.2) is 4.98 Å². The molecule has 1 amide bonds. The third kappa shape index (κ3) is 5.14. The molecule has 192 valence electrons. The first-order chi connectivity index (χ1) is 18.5. The fraction of sp³-hybridized carbons (Fsp3) is 0.207. The number of piperidine rings is 1. The SMILES string of the molecule is CN1CCC(Nc2ccc(C(=O)Nc3cc(-c4ccc5ncn(-c6ccc(Cl)cc6)c5c4)n[nH]3)cc2)CC1. The van der Waals surface area contributed by atoms with Crippen LogP contribution in [0.4, 0.5) is 11.5 Å². The number of carbonyl (C=O) groups is 1. The summed E-state index contributed by atoms with van der Waals surface area (Å²) in [6.45, 7) is 2.20. The molecule has 1 saturated heterocycles. The molecule has 1 fully saturated rings. The van der Waals surface area contributed by atoms with Gasteiger partial charge in [0.2, 0.25) is 0 Å². The van der Waals surface area contributed by atoms with Crippen LogP contribution >= 0.6 is 11.6 Å². The van der Waals surface area contributed by atoms with Crippen LogP contribution in [0.5, 0.6) is 0 Å². The fourth-order valence-corrected chi connectivity index (χ4v) is 4.94. The average molecular weight is 526 g/mol. The number of imidazole rings is 1. The number of fused-ring (bicyclic) bond motifs is 1. The molecule has 0 unspecified atom stereocenters. The van der Waals surface area contributed by atoms with Crippen LogP contribution < -0.4 is 10.6 Å². The van der Waals surface area contributed by atoms with Crippen LogP contribution in [0.15, 0.2) is 79.1 Å². The minimum absolute atomic E-state index is 0.192. The molecule has 8 nitrogen and oxygen atoms in total. The first-order valence-electron chi connectivity index (χ1n) is 12.7. The second-order valence-corrected chi connectivity index (χ2v) is 10.2. The van der Waals surface area contributed by atoms with Gasteiger partial charge in [0, 0.05) is 39.6 Å². The summed E-state index contributed by atoms with van der Waals surface area (Å²) < 4.78 is 2.01. The molecule has 1 aliphatic heterocycles. The minimum Gasteiger partial charge on any atom is -0.382 e. The molecule has 1 aliphatic rings. The molecule has 0 radical (unpaired) electrons. The summed E-state index contributed by atoms with van der Waals surface area (Å²) in [5.74, 6) is 0.340. The van der Waals surface area contributed by atoms with Gasteiger partial charge in [0.05, 0.1) is 16.7 Å². The normalized spacial score (nSPS) is 14.6. The number of anilines is 2. The van der Waals surface area contributed by atoms with Gasteiger partial charge in [-0.3, -0.25) is 14.5 Å². The number of aromatic amines is 1. The number of amides is 1. The van der Waals surface area contributed by atoms with Crippen LogP contribution in [0, 0.1) is 0 Å². The van der Waals surface area contributed by atoms with Crippen molar-refractivity contribution in [2.24, 2.45) is 0 Å². The predicted molar refractivity (Wildman–Crippen MR) is 152 cm³/mol. The summed E-state index contributed by atoms with van der Waals surface area (Å²) in [7, 11) is 2.16. The lowest BCUT2D eigenvalue weighted by Crippen LogP contribution is -2.36. The lowest BCUT2D eigenvalue weighted by atomic mass is 10.0. The van der Waals surface area contributed by atoms with Crippen molar-refractivity contribution in [3.05, 3.63) is 89.7 Å². The van der Waals surface area contributed by atoms with Crippen molar-refractivity contribution < 1.29 is 4.79 Å². The molecule has 0 aliphatic carbocycles. The van der Waals surface area contributed by atoms with E-state index >= 15 is 0 Å². The van der Waals surface area contributed by atoms with E-state index in [1.165, 1.54) is 0 Å². The van der Waals surface area contributed by atoms with Gasteiger partial charge >= 0.3 is 0 Å². The number of benzene rings is 3. The van der Waals surface area contributed by atoms with Gasteiger partial charge in [-0.2, -0.15) is 5.10 Å². The number of H-pyrrole nitrogens is 1. The second-order valence-electron chi connectivity index (χ2n) is 9.71. The Morgan fingerprint density at radius 1 is 1.00 bits per heavy atom. The number of aromatic nitrogens is 4. The molecule has 2 aromatic heterocycles. The number of hydrogen-bond donors (Lipinski definition) is 3. The van der Waals surface area contributed by atoms with Crippen LogP contribution in [0.3, 0.4) is 0 Å². The van der Waals surface area contributed by atoms with E-state index in [2.05, 4.69) is 37.8 Å². The van der Waals surface area contributed by atoms with Crippen molar-refractivity contribution >= 4 is 40.0 Å². The Hall–Kier alpha value is -4.14. The maximum Gasteiger partial charge on any atom is 0.256 e. The average Bonchev–Trinajstić information content (AvgIpc) is 3.58. The van der Waals surface area contributed by atoms with Crippen LogP contribution in [0.1, 0.15) is 23.2 Å². The largest absolute Gasteiger partial charge is 0.382 e. The van der Waals surface area contributed by atoms with Gasteiger partial charge in [0.25, 0.3) is 5.91 Å². The number of carbonyl (C=O) groups excluding carboxylic acids is 1. The van der Waals surface area contributed by atoms with Gasteiger partial charge in [0.1, 0.15) is 12.1 Å². The second kappa shape index (κ2) is 10.3. The van der Waals surface area contributed by atoms with Crippen LogP contribution in [0.25, 0.3) is 28.0 Å². The molecule has 3 heterocycles. The van der Waals surface area contributed by atoms with Crippen LogP contribution in [-0.4, -0.2) is 56.7 Å². The summed E-state index contributed by atoms with van der Waals surface area (Å²) in [6.07, 6.45) is 4.04. The predicted octanol–water partition coefficient (Wildman–Crippen LogP) is 5.83. The summed E-state index contributed by atoms with van der Waals surface area (Å²) in [6, 6.07) is 23.5. The highest BCUT2D eigenvalue weighted by Gasteiger charge is 2.17. The minimum atomic E-state index is -0.192. The van der Waals surface area contributed by atoms with Crippen molar-refractivity contribution in [3.8, 4) is 16.9 Å². The molecule has 6 rings (SSSR count). The zero-order chi connectivity index (χ0) is 26.1. The molecule has 5 aromatic rings. The standard InChI is InChI=1S/C29H28ClN7O/c1-36-14-12-23(13-15-36)32-22-7-2-19(3-8-22)29(38)33-28-17-26(34-35-28)20-4-11-25-27(16-20)37(18-31-25)24-9-5-21(30)6-10-24/h2-11,16-18,23,32H,12-15H2,1H3,(H2,33,34,35,38). The molecule has 38 heavy (non-hydrogen) atoms. The molecule has 9 heteroatoms. The Kier molecular flexibility index (Phi) is 6.57. The van der Waals surface area contributed by atoms with Gasteiger partial charge < -0.3 is 15.5 Å². The number of halogens is 1. The topological polar surface area (TPSA) is 90.9 Å². The highest BCUT2D eigenvalue weighted by molar-refractivity contribution is 6.30. The third-order valence-electron chi connectivity index (χ3n) is 7.01. The Morgan fingerprint density at radius 2 is 1.76 bits per heavy atom. The number of likely N-dealkylation sites (tertiary alicyclic amines) is 1. The Bertz CT molecular complexity index is 1570. The summed E-state index contributed by atoms with van der Waals surface area (Å²) >= 11 is 6.05. The zero-order valence-electron chi connectivity index (χ0n) is 21.0.